The van der Waals surface area contributed by atoms with Crippen molar-refractivity contribution in [3.05, 3.63) is 80.1 Å². The number of nitrogens with zero attached hydrogens (tertiary/aromatic N) is 2. The first-order chi connectivity index (χ1) is 12.7. The van der Waals surface area contributed by atoms with E-state index in [9.17, 15) is 9.90 Å². The molecular formula is C21H20Cl2N2O2. The van der Waals surface area contributed by atoms with Gasteiger partial charge in [0.1, 0.15) is 5.82 Å². The minimum Gasteiger partial charge on any atom is -0.493 e. The van der Waals surface area contributed by atoms with Gasteiger partial charge in [0.15, 0.2) is 0 Å². The van der Waals surface area contributed by atoms with Gasteiger partial charge in [0.2, 0.25) is 5.88 Å². The number of aromatic nitrogens is 2. The third kappa shape index (κ3) is 4.18. The normalized spacial score (nSPS) is 11.6. The van der Waals surface area contributed by atoms with Crippen LogP contribution in [0.4, 0.5) is 0 Å². The SMILES string of the molecule is CC(C)(C)c1ccc(Cn2c(-c3c(Cl)cccc3Cl)nc(O)cc2=O)cc1. The summed E-state index contributed by atoms with van der Waals surface area (Å²) in [6.07, 6.45) is 0. The van der Waals surface area contributed by atoms with Crippen LogP contribution in [-0.4, -0.2) is 14.7 Å². The summed E-state index contributed by atoms with van der Waals surface area (Å²) in [4.78, 5) is 16.7. The van der Waals surface area contributed by atoms with Crippen LogP contribution in [-0.2, 0) is 12.0 Å². The lowest BCUT2D eigenvalue weighted by atomic mass is 9.87. The van der Waals surface area contributed by atoms with Crippen LogP contribution in [0.3, 0.4) is 0 Å². The molecule has 4 nitrogen and oxygen atoms in total. The Kier molecular flexibility index (Phi) is 5.31. The highest BCUT2D eigenvalue weighted by Gasteiger charge is 2.18. The molecule has 0 aliphatic carbocycles. The maximum Gasteiger partial charge on any atom is 0.257 e. The smallest absolute Gasteiger partial charge is 0.257 e. The Bertz CT molecular complexity index is 1020. The van der Waals surface area contributed by atoms with Crippen molar-refractivity contribution >= 4 is 23.2 Å². The number of halogens is 2. The summed E-state index contributed by atoms with van der Waals surface area (Å²) in [7, 11) is 0. The van der Waals surface area contributed by atoms with E-state index in [2.05, 4.69) is 37.9 Å². The Morgan fingerprint density at radius 2 is 1.63 bits per heavy atom. The van der Waals surface area contributed by atoms with E-state index in [1.165, 1.54) is 10.1 Å². The van der Waals surface area contributed by atoms with E-state index < -0.39 is 0 Å². The van der Waals surface area contributed by atoms with Gasteiger partial charge in [0, 0.05) is 0 Å². The first kappa shape index (κ1) is 19.5. The topological polar surface area (TPSA) is 55.1 Å². The van der Waals surface area contributed by atoms with Crippen LogP contribution in [0.1, 0.15) is 31.9 Å². The molecule has 140 valence electrons. The molecule has 6 heteroatoms. The second-order valence-corrected chi connectivity index (χ2v) is 8.22. The van der Waals surface area contributed by atoms with E-state index in [1.54, 1.807) is 18.2 Å². The molecule has 0 radical (unpaired) electrons. The summed E-state index contributed by atoms with van der Waals surface area (Å²) in [6, 6.07) is 14.2. The summed E-state index contributed by atoms with van der Waals surface area (Å²) in [6.45, 7) is 6.73. The molecule has 0 spiro atoms. The van der Waals surface area contributed by atoms with Crippen molar-refractivity contribution in [1.29, 1.82) is 0 Å². The molecule has 0 aliphatic heterocycles. The van der Waals surface area contributed by atoms with E-state index >= 15 is 0 Å². The lowest BCUT2D eigenvalue weighted by Gasteiger charge is -2.19. The largest absolute Gasteiger partial charge is 0.493 e. The monoisotopic (exact) mass is 402 g/mol. The molecule has 0 unspecified atom stereocenters. The van der Waals surface area contributed by atoms with Gasteiger partial charge in [-0.3, -0.25) is 9.36 Å². The standard InChI is InChI=1S/C21H20Cl2N2O2/c1-21(2,3)14-9-7-13(8-10-14)12-25-18(27)11-17(26)24-20(25)19-15(22)5-4-6-16(19)23/h4-11,26H,12H2,1-3H3. The average molecular weight is 403 g/mol. The van der Waals surface area contributed by atoms with Crippen molar-refractivity contribution in [2.75, 3.05) is 0 Å². The summed E-state index contributed by atoms with van der Waals surface area (Å²) in [5.74, 6) is -0.138. The Morgan fingerprint density at radius 3 is 2.19 bits per heavy atom. The van der Waals surface area contributed by atoms with Crippen molar-refractivity contribution < 1.29 is 5.11 Å². The zero-order valence-corrected chi connectivity index (χ0v) is 16.8. The molecule has 1 N–H and O–H groups in total. The van der Waals surface area contributed by atoms with E-state index in [0.29, 0.717) is 15.6 Å². The number of benzene rings is 2. The number of aromatic hydroxyl groups is 1. The average Bonchev–Trinajstić information content (AvgIpc) is 2.57. The first-order valence-electron chi connectivity index (χ1n) is 8.51. The van der Waals surface area contributed by atoms with Crippen molar-refractivity contribution in [2.24, 2.45) is 0 Å². The minimum absolute atomic E-state index is 0.0473. The number of rotatable bonds is 3. The zero-order chi connectivity index (χ0) is 19.8. The Labute approximate surface area is 168 Å². The molecule has 2 aromatic carbocycles. The summed E-state index contributed by atoms with van der Waals surface area (Å²) in [5.41, 5.74) is 2.22. The molecule has 27 heavy (non-hydrogen) atoms. The van der Waals surface area contributed by atoms with Gasteiger partial charge in [-0.2, -0.15) is 4.98 Å². The molecule has 0 aliphatic rings. The quantitative estimate of drug-likeness (QED) is 0.648. The van der Waals surface area contributed by atoms with Crippen molar-refractivity contribution in [2.45, 2.75) is 32.7 Å². The zero-order valence-electron chi connectivity index (χ0n) is 15.3. The van der Waals surface area contributed by atoms with E-state index in [1.807, 2.05) is 12.1 Å². The lowest BCUT2D eigenvalue weighted by molar-refractivity contribution is 0.448. The summed E-state index contributed by atoms with van der Waals surface area (Å²) in [5, 5.41) is 10.6. The highest BCUT2D eigenvalue weighted by Crippen LogP contribution is 2.33. The van der Waals surface area contributed by atoms with Crippen LogP contribution >= 0.6 is 23.2 Å². The maximum atomic E-state index is 12.6. The summed E-state index contributed by atoms with van der Waals surface area (Å²) >= 11 is 12.6. The number of hydrogen-bond donors (Lipinski definition) is 1. The summed E-state index contributed by atoms with van der Waals surface area (Å²) < 4.78 is 1.46. The van der Waals surface area contributed by atoms with E-state index in [0.717, 1.165) is 11.6 Å². The molecule has 0 bridgehead atoms. The van der Waals surface area contributed by atoms with Gasteiger partial charge >= 0.3 is 0 Å². The predicted octanol–water partition coefficient (Wildman–Crippen LogP) is 5.27. The van der Waals surface area contributed by atoms with Crippen LogP contribution in [0, 0.1) is 0 Å². The van der Waals surface area contributed by atoms with Crippen LogP contribution in [0.2, 0.25) is 10.0 Å². The third-order valence-electron chi connectivity index (χ3n) is 4.34. The lowest BCUT2D eigenvalue weighted by Crippen LogP contribution is -2.23. The molecule has 1 heterocycles. The fourth-order valence-electron chi connectivity index (χ4n) is 2.84. The molecular weight excluding hydrogens is 383 g/mol. The van der Waals surface area contributed by atoms with Crippen LogP contribution in [0.5, 0.6) is 5.88 Å². The van der Waals surface area contributed by atoms with Gasteiger partial charge in [0.25, 0.3) is 5.56 Å². The number of hydrogen-bond acceptors (Lipinski definition) is 3. The molecule has 3 aromatic rings. The van der Waals surface area contributed by atoms with Crippen molar-refractivity contribution in [3.63, 3.8) is 0 Å². The van der Waals surface area contributed by atoms with Crippen LogP contribution in [0.15, 0.2) is 53.3 Å². The highest BCUT2D eigenvalue weighted by molar-refractivity contribution is 6.39. The fraction of sp³-hybridized carbons (Fsp3) is 0.238. The molecule has 0 fully saturated rings. The molecule has 0 saturated heterocycles. The minimum atomic E-state index is -0.381. The maximum absolute atomic E-state index is 12.6. The van der Waals surface area contributed by atoms with Gasteiger partial charge in [0.05, 0.1) is 28.2 Å². The highest BCUT2D eigenvalue weighted by atomic mass is 35.5. The first-order valence-corrected chi connectivity index (χ1v) is 9.27. The fourth-order valence-corrected chi connectivity index (χ4v) is 3.41. The Hall–Kier alpha value is -2.30. The second-order valence-electron chi connectivity index (χ2n) is 7.41. The van der Waals surface area contributed by atoms with Gasteiger partial charge in [-0.1, -0.05) is 74.3 Å². The predicted molar refractivity (Wildman–Crippen MR) is 110 cm³/mol. The third-order valence-corrected chi connectivity index (χ3v) is 4.97. The molecule has 0 atom stereocenters. The Balaban J connectivity index is 2.10. The van der Waals surface area contributed by atoms with Crippen LogP contribution in [0.25, 0.3) is 11.4 Å². The molecule has 0 amide bonds. The van der Waals surface area contributed by atoms with Crippen molar-refractivity contribution in [3.8, 4) is 17.3 Å². The van der Waals surface area contributed by atoms with Crippen LogP contribution < -0.4 is 5.56 Å². The van der Waals surface area contributed by atoms with Gasteiger partial charge in [-0.15, -0.1) is 0 Å². The molecule has 3 rings (SSSR count). The van der Waals surface area contributed by atoms with Gasteiger partial charge in [-0.25, -0.2) is 0 Å². The molecule has 0 saturated carbocycles. The second kappa shape index (κ2) is 7.37. The van der Waals surface area contributed by atoms with Gasteiger partial charge < -0.3 is 5.11 Å². The molecule has 1 aromatic heterocycles. The van der Waals surface area contributed by atoms with E-state index in [-0.39, 0.29) is 29.2 Å². The van der Waals surface area contributed by atoms with Crippen molar-refractivity contribution in [1.82, 2.24) is 9.55 Å². The van der Waals surface area contributed by atoms with Gasteiger partial charge in [-0.05, 0) is 28.7 Å². The Morgan fingerprint density at radius 1 is 1.04 bits per heavy atom. The van der Waals surface area contributed by atoms with E-state index in [4.69, 9.17) is 23.2 Å².